The van der Waals surface area contributed by atoms with E-state index in [0.717, 1.165) is 17.7 Å². The predicted molar refractivity (Wildman–Crippen MR) is 88.5 cm³/mol. The van der Waals surface area contributed by atoms with Gasteiger partial charge in [0.2, 0.25) is 0 Å². The van der Waals surface area contributed by atoms with Crippen LogP contribution in [0, 0.1) is 0 Å². The summed E-state index contributed by atoms with van der Waals surface area (Å²) in [6.07, 6.45) is 1.44. The highest BCUT2D eigenvalue weighted by Gasteiger charge is 2.31. The van der Waals surface area contributed by atoms with E-state index in [0.29, 0.717) is 13.0 Å². The number of hydrogen-bond acceptors (Lipinski definition) is 4. The van der Waals surface area contributed by atoms with Crippen LogP contribution in [0.5, 0.6) is 5.75 Å². The van der Waals surface area contributed by atoms with Crippen molar-refractivity contribution >= 4 is 5.97 Å². The Kier molecular flexibility index (Phi) is 4.93. The van der Waals surface area contributed by atoms with Crippen LogP contribution < -0.4 is 10.1 Å². The number of ether oxygens (including phenoxy) is 2. The third-order valence-corrected chi connectivity index (χ3v) is 4.08. The molecule has 0 spiro atoms. The lowest BCUT2D eigenvalue weighted by Crippen LogP contribution is -2.31. The standard InChI is InChI=1S/C19H21NO3/c1-22-19(21)17-12-16(13-20-17)23-18-10-6-5-9-15(18)11-14-7-3-2-4-8-14/h2-10,16-17,20H,11-13H2,1H3/t16-,17+/m1/s1. The molecule has 0 bridgehead atoms. The first-order chi connectivity index (χ1) is 11.3. The summed E-state index contributed by atoms with van der Waals surface area (Å²) in [5.41, 5.74) is 2.40. The number of carbonyl (C=O) groups excluding carboxylic acids is 1. The van der Waals surface area contributed by atoms with Crippen LogP contribution in [0.1, 0.15) is 17.5 Å². The highest BCUT2D eigenvalue weighted by atomic mass is 16.5. The topological polar surface area (TPSA) is 47.6 Å². The van der Waals surface area contributed by atoms with E-state index in [2.05, 4.69) is 23.5 Å². The molecule has 0 amide bonds. The molecular weight excluding hydrogens is 290 g/mol. The van der Waals surface area contributed by atoms with Crippen LogP contribution in [-0.4, -0.2) is 31.8 Å². The number of hydrogen-bond donors (Lipinski definition) is 1. The summed E-state index contributed by atoms with van der Waals surface area (Å²) in [6, 6.07) is 18.1. The summed E-state index contributed by atoms with van der Waals surface area (Å²) in [4.78, 5) is 11.6. The molecule has 4 nitrogen and oxygen atoms in total. The van der Waals surface area contributed by atoms with Crippen LogP contribution in [0.2, 0.25) is 0 Å². The molecule has 0 aromatic heterocycles. The molecule has 2 aromatic carbocycles. The molecule has 1 fully saturated rings. The SMILES string of the molecule is COC(=O)[C@@H]1C[C@@H](Oc2ccccc2Cc2ccccc2)CN1. The van der Waals surface area contributed by atoms with Crippen molar-refractivity contribution < 1.29 is 14.3 Å². The van der Waals surface area contributed by atoms with Crippen molar-refractivity contribution in [3.8, 4) is 5.75 Å². The van der Waals surface area contributed by atoms with Gasteiger partial charge < -0.3 is 14.8 Å². The Bertz CT molecular complexity index is 657. The van der Waals surface area contributed by atoms with Gasteiger partial charge in [0.05, 0.1) is 7.11 Å². The predicted octanol–water partition coefficient (Wildman–Crippen LogP) is 2.56. The van der Waals surface area contributed by atoms with Crippen molar-refractivity contribution in [2.24, 2.45) is 0 Å². The zero-order valence-corrected chi connectivity index (χ0v) is 13.2. The molecule has 1 saturated heterocycles. The van der Waals surface area contributed by atoms with Crippen LogP contribution >= 0.6 is 0 Å². The Morgan fingerprint density at radius 1 is 1.13 bits per heavy atom. The number of nitrogens with one attached hydrogen (secondary N) is 1. The Morgan fingerprint density at radius 3 is 2.65 bits per heavy atom. The number of carbonyl (C=O) groups is 1. The molecule has 0 unspecified atom stereocenters. The Hall–Kier alpha value is -2.33. The third-order valence-electron chi connectivity index (χ3n) is 4.08. The lowest BCUT2D eigenvalue weighted by atomic mass is 10.0. The van der Waals surface area contributed by atoms with Gasteiger partial charge in [-0.05, 0) is 17.2 Å². The lowest BCUT2D eigenvalue weighted by Gasteiger charge is -2.16. The molecule has 1 heterocycles. The van der Waals surface area contributed by atoms with Gasteiger partial charge in [0.15, 0.2) is 0 Å². The zero-order valence-electron chi connectivity index (χ0n) is 13.2. The van der Waals surface area contributed by atoms with Gasteiger partial charge in [-0.3, -0.25) is 4.79 Å². The van der Waals surface area contributed by atoms with E-state index in [4.69, 9.17) is 9.47 Å². The van der Waals surface area contributed by atoms with Gasteiger partial charge in [-0.2, -0.15) is 0 Å². The molecule has 4 heteroatoms. The van der Waals surface area contributed by atoms with E-state index in [9.17, 15) is 4.79 Å². The van der Waals surface area contributed by atoms with Crippen molar-refractivity contribution in [3.05, 3.63) is 65.7 Å². The average Bonchev–Trinajstić information content (AvgIpc) is 3.05. The average molecular weight is 311 g/mol. The molecule has 2 aromatic rings. The number of para-hydroxylation sites is 1. The first-order valence-corrected chi connectivity index (χ1v) is 7.86. The first kappa shape index (κ1) is 15.6. The minimum Gasteiger partial charge on any atom is -0.489 e. The van der Waals surface area contributed by atoms with E-state index in [1.165, 1.54) is 12.7 Å². The smallest absolute Gasteiger partial charge is 0.323 e. The Balaban J connectivity index is 1.68. The second kappa shape index (κ2) is 7.29. The molecule has 0 aliphatic carbocycles. The normalized spacial score (nSPS) is 20.2. The monoisotopic (exact) mass is 311 g/mol. The highest BCUT2D eigenvalue weighted by Crippen LogP contribution is 2.24. The minimum atomic E-state index is -0.272. The van der Waals surface area contributed by atoms with Gasteiger partial charge in [0, 0.05) is 19.4 Å². The maximum absolute atomic E-state index is 11.6. The summed E-state index contributed by atoms with van der Waals surface area (Å²) >= 11 is 0. The number of methoxy groups -OCH3 is 1. The van der Waals surface area contributed by atoms with Crippen LogP contribution in [0.15, 0.2) is 54.6 Å². The summed E-state index contributed by atoms with van der Waals surface area (Å²) < 4.78 is 10.9. The fourth-order valence-electron chi connectivity index (χ4n) is 2.88. The maximum Gasteiger partial charge on any atom is 0.323 e. The largest absolute Gasteiger partial charge is 0.489 e. The number of benzene rings is 2. The van der Waals surface area contributed by atoms with Crippen molar-refractivity contribution in [2.75, 3.05) is 13.7 Å². The van der Waals surface area contributed by atoms with Crippen molar-refractivity contribution in [3.63, 3.8) is 0 Å². The summed E-state index contributed by atoms with van der Waals surface area (Å²) in [7, 11) is 1.41. The molecule has 2 atom stereocenters. The zero-order chi connectivity index (χ0) is 16.1. The quantitative estimate of drug-likeness (QED) is 0.862. The van der Waals surface area contributed by atoms with Crippen LogP contribution in [0.25, 0.3) is 0 Å². The highest BCUT2D eigenvalue weighted by molar-refractivity contribution is 5.76. The molecule has 23 heavy (non-hydrogen) atoms. The van der Waals surface area contributed by atoms with Crippen molar-refractivity contribution in [1.29, 1.82) is 0 Å². The second-order valence-electron chi connectivity index (χ2n) is 5.73. The number of rotatable bonds is 5. The molecule has 120 valence electrons. The molecule has 1 aliphatic heterocycles. The van der Waals surface area contributed by atoms with Gasteiger partial charge in [-0.1, -0.05) is 48.5 Å². The third kappa shape index (κ3) is 3.90. The maximum atomic E-state index is 11.6. The van der Waals surface area contributed by atoms with Gasteiger partial charge in [0.1, 0.15) is 17.9 Å². The fraction of sp³-hybridized carbons (Fsp3) is 0.316. The van der Waals surface area contributed by atoms with Crippen LogP contribution in [-0.2, 0) is 16.0 Å². The summed E-state index contributed by atoms with van der Waals surface area (Å²) in [5, 5.41) is 3.15. The molecule has 1 N–H and O–H groups in total. The fourth-order valence-corrected chi connectivity index (χ4v) is 2.88. The van der Waals surface area contributed by atoms with E-state index in [1.807, 2.05) is 36.4 Å². The number of esters is 1. The minimum absolute atomic E-state index is 0.0176. The summed E-state index contributed by atoms with van der Waals surface area (Å²) in [6.45, 7) is 0.652. The Morgan fingerprint density at radius 2 is 1.87 bits per heavy atom. The van der Waals surface area contributed by atoms with E-state index < -0.39 is 0 Å². The molecule has 0 saturated carbocycles. The van der Waals surface area contributed by atoms with E-state index in [1.54, 1.807) is 0 Å². The van der Waals surface area contributed by atoms with Crippen LogP contribution in [0.4, 0.5) is 0 Å². The van der Waals surface area contributed by atoms with Crippen molar-refractivity contribution in [2.45, 2.75) is 25.0 Å². The Labute approximate surface area is 136 Å². The van der Waals surface area contributed by atoms with E-state index in [-0.39, 0.29) is 18.1 Å². The van der Waals surface area contributed by atoms with Gasteiger partial charge in [-0.25, -0.2) is 0 Å². The van der Waals surface area contributed by atoms with Crippen LogP contribution in [0.3, 0.4) is 0 Å². The first-order valence-electron chi connectivity index (χ1n) is 7.86. The van der Waals surface area contributed by atoms with Gasteiger partial charge in [-0.15, -0.1) is 0 Å². The second-order valence-corrected chi connectivity index (χ2v) is 5.73. The molecule has 3 rings (SSSR count). The lowest BCUT2D eigenvalue weighted by molar-refractivity contribution is -0.142. The molecule has 0 radical (unpaired) electrons. The van der Waals surface area contributed by atoms with Gasteiger partial charge in [0.25, 0.3) is 0 Å². The molecular formula is C19H21NO3. The summed E-state index contributed by atoms with van der Waals surface area (Å²) in [5.74, 6) is 0.655. The van der Waals surface area contributed by atoms with Crippen molar-refractivity contribution in [1.82, 2.24) is 5.32 Å². The molecule has 1 aliphatic rings. The van der Waals surface area contributed by atoms with Gasteiger partial charge >= 0.3 is 5.97 Å². The van der Waals surface area contributed by atoms with E-state index >= 15 is 0 Å².